The van der Waals surface area contributed by atoms with Crippen molar-refractivity contribution in [1.29, 1.82) is 0 Å². The first-order chi connectivity index (χ1) is 13.6. The van der Waals surface area contributed by atoms with Crippen LogP contribution in [0.25, 0.3) is 0 Å². The van der Waals surface area contributed by atoms with E-state index >= 15 is 0 Å². The van der Waals surface area contributed by atoms with Crippen LogP contribution in [0.2, 0.25) is 0 Å². The molecule has 1 aromatic carbocycles. The number of esters is 1. The second kappa shape index (κ2) is 7.98. The predicted octanol–water partition coefficient (Wildman–Crippen LogP) is 1.92. The number of carbonyl (C=O) groups excluding carboxylic acids is 2. The van der Waals surface area contributed by atoms with Crippen molar-refractivity contribution < 1.29 is 22.7 Å². The van der Waals surface area contributed by atoms with E-state index < -0.39 is 15.8 Å². The van der Waals surface area contributed by atoms with Crippen LogP contribution < -0.4 is 0 Å². The molecule has 0 spiro atoms. The second-order valence-electron chi connectivity index (χ2n) is 7.38. The van der Waals surface area contributed by atoms with E-state index in [1.165, 1.54) is 7.11 Å². The third-order valence-corrected chi connectivity index (χ3v) is 7.07. The molecule has 1 aliphatic rings. The van der Waals surface area contributed by atoms with Gasteiger partial charge in [0.15, 0.2) is 9.84 Å². The van der Waals surface area contributed by atoms with Gasteiger partial charge in [-0.25, -0.2) is 13.2 Å². The number of carbonyl (C=O) groups is 2. The summed E-state index contributed by atoms with van der Waals surface area (Å²) in [5.74, 6) is -0.345. The van der Waals surface area contributed by atoms with Crippen LogP contribution >= 0.6 is 0 Å². The van der Waals surface area contributed by atoms with Crippen LogP contribution in [0.1, 0.15) is 50.1 Å². The number of hydrogen-bond donors (Lipinski definition) is 0. The largest absolute Gasteiger partial charge is 0.465 e. The molecule has 0 unspecified atom stereocenters. The van der Waals surface area contributed by atoms with Gasteiger partial charge in [-0.2, -0.15) is 5.10 Å². The molecule has 1 fully saturated rings. The van der Waals surface area contributed by atoms with Crippen LogP contribution in [0, 0.1) is 13.8 Å². The van der Waals surface area contributed by atoms with Crippen molar-refractivity contribution in [1.82, 2.24) is 14.7 Å². The van der Waals surface area contributed by atoms with Crippen molar-refractivity contribution in [2.45, 2.75) is 32.9 Å². The minimum absolute atomic E-state index is 0.107. The Balaban J connectivity index is 1.76. The maximum atomic E-state index is 12.8. The van der Waals surface area contributed by atoms with Gasteiger partial charge in [-0.1, -0.05) is 0 Å². The van der Waals surface area contributed by atoms with Crippen molar-refractivity contribution >= 4 is 21.7 Å². The molecule has 0 aliphatic carbocycles. The molecule has 0 bridgehead atoms. The van der Waals surface area contributed by atoms with Gasteiger partial charge in [0.1, 0.15) is 0 Å². The number of rotatable bonds is 5. The molecule has 1 atom stereocenters. The molecular formula is C20H25N3O5S. The first-order valence-electron chi connectivity index (χ1n) is 9.32. The average molecular weight is 420 g/mol. The maximum absolute atomic E-state index is 12.8. The number of sulfone groups is 1. The fourth-order valence-electron chi connectivity index (χ4n) is 3.65. The lowest BCUT2D eigenvalue weighted by Crippen LogP contribution is -2.26. The van der Waals surface area contributed by atoms with Crippen molar-refractivity contribution in [2.75, 3.05) is 25.7 Å². The lowest BCUT2D eigenvalue weighted by molar-refractivity contribution is 0.0600. The lowest BCUT2D eigenvalue weighted by Gasteiger charge is -2.18. The Bertz CT molecular complexity index is 1040. The van der Waals surface area contributed by atoms with Crippen LogP contribution in [-0.2, 0) is 21.1 Å². The monoisotopic (exact) mass is 419 g/mol. The third kappa shape index (κ3) is 4.34. The first-order valence-corrected chi connectivity index (χ1v) is 11.1. The summed E-state index contributed by atoms with van der Waals surface area (Å²) in [7, 11) is 0.00129. The number of nitrogens with zero attached hydrogens (tertiary/aromatic N) is 3. The lowest BCUT2D eigenvalue weighted by atomic mass is 10.1. The Hall–Kier alpha value is -2.68. The van der Waals surface area contributed by atoms with Gasteiger partial charge in [0.25, 0.3) is 5.91 Å². The maximum Gasteiger partial charge on any atom is 0.337 e. The minimum atomic E-state index is -3.01. The molecule has 1 aliphatic heterocycles. The average Bonchev–Trinajstić information content (AvgIpc) is 3.20. The highest BCUT2D eigenvalue weighted by Gasteiger charge is 2.31. The molecule has 2 aromatic rings. The zero-order valence-corrected chi connectivity index (χ0v) is 17.8. The standard InChI is InChI=1S/C20H25N3O5S/c1-13-18(14(2)23(21-13)17-9-10-29(26,27)12-17)11-22(3)19(24)15-5-7-16(8-6-15)20(25)28-4/h5-8,17H,9-12H2,1-4H3/t17-/m1/s1. The predicted molar refractivity (Wildman–Crippen MR) is 108 cm³/mol. The van der Waals surface area contributed by atoms with Crippen LogP contribution in [0.5, 0.6) is 0 Å². The van der Waals surface area contributed by atoms with Crippen LogP contribution in [0.4, 0.5) is 0 Å². The molecule has 9 heteroatoms. The highest BCUT2D eigenvalue weighted by atomic mass is 32.2. The van der Waals surface area contributed by atoms with Crippen molar-refractivity contribution in [3.05, 3.63) is 52.3 Å². The molecule has 0 N–H and O–H groups in total. The smallest absolute Gasteiger partial charge is 0.337 e. The van der Waals surface area contributed by atoms with E-state index in [4.69, 9.17) is 0 Å². The highest BCUT2D eigenvalue weighted by Crippen LogP contribution is 2.27. The van der Waals surface area contributed by atoms with Gasteiger partial charge < -0.3 is 9.64 Å². The highest BCUT2D eigenvalue weighted by molar-refractivity contribution is 7.91. The van der Waals surface area contributed by atoms with E-state index in [2.05, 4.69) is 9.84 Å². The van der Waals surface area contributed by atoms with E-state index in [1.807, 2.05) is 13.8 Å². The molecule has 156 valence electrons. The number of ether oxygens (including phenoxy) is 1. The molecule has 3 rings (SSSR count). The Labute approximate surface area is 170 Å². The summed E-state index contributed by atoms with van der Waals surface area (Å²) in [6.45, 7) is 4.13. The number of methoxy groups -OCH3 is 1. The summed E-state index contributed by atoms with van der Waals surface area (Å²) in [6, 6.07) is 6.15. The molecule has 0 saturated carbocycles. The van der Waals surface area contributed by atoms with E-state index in [0.717, 1.165) is 17.0 Å². The van der Waals surface area contributed by atoms with E-state index in [-0.39, 0.29) is 23.5 Å². The Morgan fingerprint density at radius 3 is 2.38 bits per heavy atom. The van der Waals surface area contributed by atoms with Gasteiger partial charge in [-0.05, 0) is 44.5 Å². The molecule has 1 amide bonds. The number of amides is 1. The molecule has 2 heterocycles. The van der Waals surface area contributed by atoms with Crippen molar-refractivity contribution in [3.8, 4) is 0 Å². The molecule has 29 heavy (non-hydrogen) atoms. The molecule has 0 radical (unpaired) electrons. The topological polar surface area (TPSA) is 98.6 Å². The minimum Gasteiger partial charge on any atom is -0.465 e. The fourth-order valence-corrected chi connectivity index (χ4v) is 5.34. The van der Waals surface area contributed by atoms with Crippen LogP contribution in [0.3, 0.4) is 0 Å². The zero-order chi connectivity index (χ0) is 21.3. The second-order valence-corrected chi connectivity index (χ2v) is 9.61. The summed E-state index contributed by atoms with van der Waals surface area (Å²) in [4.78, 5) is 25.9. The Morgan fingerprint density at radius 2 is 1.83 bits per heavy atom. The molecule has 8 nitrogen and oxygen atoms in total. The number of benzene rings is 1. The van der Waals surface area contributed by atoms with Gasteiger partial charge in [0, 0.05) is 30.4 Å². The quantitative estimate of drug-likeness (QED) is 0.687. The van der Waals surface area contributed by atoms with Gasteiger partial charge >= 0.3 is 5.97 Å². The first kappa shape index (κ1) is 21.0. The van der Waals surface area contributed by atoms with E-state index in [9.17, 15) is 18.0 Å². The van der Waals surface area contributed by atoms with Gasteiger partial charge in [-0.3, -0.25) is 9.48 Å². The Kier molecular flexibility index (Phi) is 5.79. The summed E-state index contributed by atoms with van der Waals surface area (Å²) in [5, 5.41) is 4.55. The van der Waals surface area contributed by atoms with Crippen LogP contribution in [-0.4, -0.2) is 60.6 Å². The van der Waals surface area contributed by atoms with Crippen molar-refractivity contribution in [2.24, 2.45) is 0 Å². The molecule has 1 aromatic heterocycles. The van der Waals surface area contributed by atoms with Gasteiger partial charge in [0.05, 0.1) is 35.9 Å². The summed E-state index contributed by atoms with van der Waals surface area (Å²) in [6.07, 6.45) is 0.561. The normalized spacial score (nSPS) is 17.9. The summed E-state index contributed by atoms with van der Waals surface area (Å²) >= 11 is 0. The fraction of sp³-hybridized carbons (Fsp3) is 0.450. The number of aromatic nitrogens is 2. The molecule has 1 saturated heterocycles. The third-order valence-electron chi connectivity index (χ3n) is 5.32. The number of hydrogen-bond acceptors (Lipinski definition) is 6. The Morgan fingerprint density at radius 1 is 1.21 bits per heavy atom. The van der Waals surface area contributed by atoms with Gasteiger partial charge in [0.2, 0.25) is 0 Å². The zero-order valence-electron chi connectivity index (χ0n) is 17.0. The van der Waals surface area contributed by atoms with Gasteiger partial charge in [-0.15, -0.1) is 0 Å². The molecular weight excluding hydrogens is 394 g/mol. The SMILES string of the molecule is COC(=O)c1ccc(C(=O)N(C)Cc2c(C)nn([C@@H]3CCS(=O)(=O)C3)c2C)cc1. The summed E-state index contributed by atoms with van der Waals surface area (Å²) < 4.78 is 30.1. The van der Waals surface area contributed by atoms with E-state index in [0.29, 0.717) is 24.1 Å². The summed E-state index contributed by atoms with van der Waals surface area (Å²) in [5.41, 5.74) is 3.42. The van der Waals surface area contributed by atoms with Crippen molar-refractivity contribution in [3.63, 3.8) is 0 Å². The number of aryl methyl sites for hydroxylation is 1. The van der Waals surface area contributed by atoms with E-state index in [1.54, 1.807) is 40.9 Å². The van der Waals surface area contributed by atoms with Crippen LogP contribution in [0.15, 0.2) is 24.3 Å².